The highest BCUT2D eigenvalue weighted by Crippen LogP contribution is 2.16. The minimum Gasteiger partial charge on any atom is -0.297 e. The summed E-state index contributed by atoms with van der Waals surface area (Å²) in [4.78, 5) is 22.8. The Labute approximate surface area is 93.4 Å². The van der Waals surface area contributed by atoms with Crippen molar-refractivity contribution in [3.63, 3.8) is 0 Å². The topological polar surface area (TPSA) is 65.7 Å². The third-order valence-electron chi connectivity index (χ3n) is 2.06. The van der Waals surface area contributed by atoms with Crippen molar-refractivity contribution in [2.45, 2.75) is 13.8 Å². The molecule has 0 radical (unpaired) electrons. The van der Waals surface area contributed by atoms with E-state index in [1.165, 1.54) is 6.92 Å². The Balaban J connectivity index is 3.42. The van der Waals surface area contributed by atoms with Gasteiger partial charge in [0.15, 0.2) is 5.78 Å². The molecule has 0 bridgehead atoms. The summed E-state index contributed by atoms with van der Waals surface area (Å²) in [6, 6.07) is 0. The van der Waals surface area contributed by atoms with Crippen LogP contribution in [0.15, 0.2) is 35.7 Å². The molecule has 84 valence electrons. The fraction of sp³-hybridized carbons (Fsp3) is 0.167. The number of ketones is 1. The van der Waals surface area contributed by atoms with Crippen molar-refractivity contribution in [1.82, 2.24) is 10.2 Å². The van der Waals surface area contributed by atoms with Crippen LogP contribution < -0.4 is 5.56 Å². The van der Waals surface area contributed by atoms with Crippen LogP contribution in [-0.2, 0) is 0 Å². The summed E-state index contributed by atoms with van der Waals surface area (Å²) < 4.78 is 0. The summed E-state index contributed by atoms with van der Waals surface area (Å²) in [5, 5.41) is 5.10. The molecule has 0 aliphatic rings. The van der Waals surface area contributed by atoms with Crippen LogP contribution in [0.2, 0.25) is 0 Å². The minimum atomic E-state index is -0.401. The van der Waals surface area contributed by atoms with Crippen LogP contribution in [0, 0.1) is 0 Å². The molecule has 1 heterocycles. The highest BCUT2D eigenvalue weighted by Gasteiger charge is 2.15. The second kappa shape index (κ2) is 5.11. The minimum absolute atomic E-state index is 0.145. The number of aromatic nitrogens is 2. The number of rotatable bonds is 4. The van der Waals surface area contributed by atoms with Gasteiger partial charge in [0.1, 0.15) is 5.56 Å². The summed E-state index contributed by atoms with van der Waals surface area (Å²) in [6.07, 6.45) is 6.95. The number of H-pyrrole nitrogens is 2. The summed E-state index contributed by atoms with van der Waals surface area (Å²) >= 11 is 0. The van der Waals surface area contributed by atoms with Crippen molar-refractivity contribution in [2.75, 3.05) is 0 Å². The van der Waals surface area contributed by atoms with Gasteiger partial charge in [-0.3, -0.25) is 19.8 Å². The zero-order valence-electron chi connectivity index (χ0n) is 9.33. The number of hydrogen-bond acceptors (Lipinski definition) is 2. The van der Waals surface area contributed by atoms with Crippen molar-refractivity contribution < 1.29 is 4.79 Å². The molecule has 4 heteroatoms. The van der Waals surface area contributed by atoms with Crippen molar-refractivity contribution in [3.8, 4) is 0 Å². The molecular weight excluding hydrogens is 204 g/mol. The normalized spacial score (nSPS) is 12.0. The van der Waals surface area contributed by atoms with Gasteiger partial charge in [-0.25, -0.2) is 0 Å². The highest BCUT2D eigenvalue weighted by atomic mass is 16.1. The summed E-state index contributed by atoms with van der Waals surface area (Å²) in [6.45, 7) is 6.81. The maximum absolute atomic E-state index is 11.4. The number of aromatic amines is 2. The molecule has 0 aliphatic carbocycles. The van der Waals surface area contributed by atoms with Gasteiger partial charge in [-0.15, -0.1) is 0 Å². The van der Waals surface area contributed by atoms with E-state index in [1.807, 2.05) is 13.0 Å². The molecule has 16 heavy (non-hydrogen) atoms. The molecule has 0 aromatic carbocycles. The first-order valence-electron chi connectivity index (χ1n) is 4.89. The predicted molar refractivity (Wildman–Crippen MR) is 64.4 cm³/mol. The standard InChI is InChI=1S/C12H14N2O2/c1-4-6-9(7-5-2)11-10(8(3)15)12(16)14-13-11/h4-7H,1H2,2-3H3,(H2,13,14,16)/b7-5-,9-6+. The van der Waals surface area contributed by atoms with Gasteiger partial charge in [-0.2, -0.15) is 0 Å². The largest absolute Gasteiger partial charge is 0.297 e. The third-order valence-corrected chi connectivity index (χ3v) is 2.06. The maximum atomic E-state index is 11.4. The van der Waals surface area contributed by atoms with Crippen molar-refractivity contribution in [1.29, 1.82) is 0 Å². The third kappa shape index (κ3) is 2.28. The van der Waals surface area contributed by atoms with E-state index in [9.17, 15) is 9.59 Å². The number of carbonyl (C=O) groups excluding carboxylic acids is 1. The number of Topliss-reactive ketones (excluding diaryl/α,β-unsaturated/α-hetero) is 1. The van der Waals surface area contributed by atoms with Crippen LogP contribution in [0.25, 0.3) is 5.57 Å². The molecule has 1 aromatic heterocycles. The van der Waals surface area contributed by atoms with Crippen LogP contribution in [0.4, 0.5) is 0 Å². The molecule has 1 aromatic rings. The van der Waals surface area contributed by atoms with Gasteiger partial charge in [0.25, 0.3) is 5.56 Å². The second-order valence-corrected chi connectivity index (χ2v) is 3.24. The monoisotopic (exact) mass is 218 g/mol. The van der Waals surface area contributed by atoms with Gasteiger partial charge < -0.3 is 0 Å². The SMILES string of the molecule is C=C/C=C(\C=C/C)c1[nH][nH]c(=O)c1C(C)=O. The molecule has 0 unspecified atom stereocenters. The van der Waals surface area contributed by atoms with Gasteiger partial charge >= 0.3 is 0 Å². The average Bonchev–Trinajstić information content (AvgIpc) is 2.60. The fourth-order valence-electron chi connectivity index (χ4n) is 1.44. The first-order valence-corrected chi connectivity index (χ1v) is 4.89. The van der Waals surface area contributed by atoms with E-state index in [-0.39, 0.29) is 11.3 Å². The summed E-state index contributed by atoms with van der Waals surface area (Å²) in [5.41, 5.74) is 0.977. The first-order chi connectivity index (χ1) is 7.61. The quantitative estimate of drug-likeness (QED) is 0.600. The Kier molecular flexibility index (Phi) is 3.83. The molecule has 4 nitrogen and oxygen atoms in total. The lowest BCUT2D eigenvalue weighted by atomic mass is 10.1. The van der Waals surface area contributed by atoms with E-state index in [1.54, 1.807) is 18.2 Å². The van der Waals surface area contributed by atoms with Crippen LogP contribution in [0.1, 0.15) is 29.9 Å². The van der Waals surface area contributed by atoms with Crippen molar-refractivity contribution in [3.05, 3.63) is 52.5 Å². The number of nitrogens with one attached hydrogen (secondary N) is 2. The molecule has 0 atom stereocenters. The summed E-state index contributed by atoms with van der Waals surface area (Å²) in [7, 11) is 0. The van der Waals surface area contributed by atoms with Crippen LogP contribution in [-0.4, -0.2) is 16.0 Å². The molecule has 0 fully saturated rings. The van der Waals surface area contributed by atoms with Crippen LogP contribution >= 0.6 is 0 Å². The van der Waals surface area contributed by atoms with Gasteiger partial charge in [0.2, 0.25) is 0 Å². The van der Waals surface area contributed by atoms with E-state index in [4.69, 9.17) is 0 Å². The Hall–Kier alpha value is -2.10. The second-order valence-electron chi connectivity index (χ2n) is 3.24. The number of allylic oxidation sites excluding steroid dienone is 5. The predicted octanol–water partition coefficient (Wildman–Crippen LogP) is 2.05. The fourth-order valence-corrected chi connectivity index (χ4v) is 1.44. The maximum Gasteiger partial charge on any atom is 0.275 e. The van der Waals surface area contributed by atoms with E-state index in [2.05, 4.69) is 16.8 Å². The Morgan fingerprint density at radius 2 is 2.06 bits per heavy atom. The zero-order chi connectivity index (χ0) is 12.1. The highest BCUT2D eigenvalue weighted by molar-refractivity contribution is 5.99. The van der Waals surface area contributed by atoms with Gasteiger partial charge in [-0.1, -0.05) is 30.9 Å². The Bertz CT molecular complexity index is 515. The molecule has 0 aliphatic heterocycles. The number of hydrogen-bond donors (Lipinski definition) is 2. The molecule has 0 amide bonds. The lowest BCUT2D eigenvalue weighted by Crippen LogP contribution is -2.10. The van der Waals surface area contributed by atoms with Crippen molar-refractivity contribution >= 4 is 11.4 Å². The van der Waals surface area contributed by atoms with E-state index in [0.717, 1.165) is 5.57 Å². The zero-order valence-corrected chi connectivity index (χ0v) is 9.33. The van der Waals surface area contributed by atoms with Crippen LogP contribution in [0.3, 0.4) is 0 Å². The average molecular weight is 218 g/mol. The smallest absolute Gasteiger partial charge is 0.275 e. The van der Waals surface area contributed by atoms with E-state index < -0.39 is 5.56 Å². The van der Waals surface area contributed by atoms with Crippen LogP contribution in [0.5, 0.6) is 0 Å². The van der Waals surface area contributed by atoms with E-state index >= 15 is 0 Å². The molecule has 1 rings (SSSR count). The number of carbonyl (C=O) groups is 1. The molecule has 0 saturated carbocycles. The Morgan fingerprint density at radius 1 is 1.38 bits per heavy atom. The Morgan fingerprint density at radius 3 is 2.56 bits per heavy atom. The molecule has 0 saturated heterocycles. The lowest BCUT2D eigenvalue weighted by Gasteiger charge is -1.99. The molecule has 2 N–H and O–H groups in total. The first kappa shape index (κ1) is 12.0. The molecule has 0 spiro atoms. The van der Waals surface area contributed by atoms with E-state index in [0.29, 0.717) is 5.69 Å². The van der Waals surface area contributed by atoms with Gasteiger partial charge in [0.05, 0.1) is 5.69 Å². The van der Waals surface area contributed by atoms with Gasteiger partial charge in [-0.05, 0) is 19.4 Å². The van der Waals surface area contributed by atoms with Gasteiger partial charge in [0, 0.05) is 0 Å². The lowest BCUT2D eigenvalue weighted by molar-refractivity contribution is 0.101. The molecular formula is C12H14N2O2. The van der Waals surface area contributed by atoms with Crippen molar-refractivity contribution in [2.24, 2.45) is 0 Å². The summed E-state index contributed by atoms with van der Waals surface area (Å²) in [5.74, 6) is -0.267.